The van der Waals surface area contributed by atoms with Crippen molar-refractivity contribution in [3.8, 4) is 0 Å². The minimum Gasteiger partial charge on any atom is -0.324 e. The number of hydrogen-bond acceptors (Lipinski definition) is 6. The maximum atomic E-state index is 12.6. The van der Waals surface area contributed by atoms with Crippen LogP contribution in [0.25, 0.3) is 0 Å². The highest BCUT2D eigenvalue weighted by Crippen LogP contribution is 2.28. The van der Waals surface area contributed by atoms with Gasteiger partial charge < -0.3 is 10.2 Å². The van der Waals surface area contributed by atoms with E-state index in [1.807, 2.05) is 18.7 Å². The van der Waals surface area contributed by atoms with Crippen LogP contribution < -0.4 is 11.0 Å². The highest BCUT2D eigenvalue weighted by atomic mass is 32.2. The molecule has 0 unspecified atom stereocenters. The van der Waals surface area contributed by atoms with Gasteiger partial charge in [0.15, 0.2) is 0 Å². The van der Waals surface area contributed by atoms with Gasteiger partial charge in [0.25, 0.3) is 0 Å². The molecule has 0 radical (unpaired) electrons. The monoisotopic (exact) mass is 401 g/mol. The molecule has 0 spiro atoms. The Morgan fingerprint density at radius 1 is 1.32 bits per heavy atom. The van der Waals surface area contributed by atoms with E-state index in [0.29, 0.717) is 17.3 Å². The van der Waals surface area contributed by atoms with Gasteiger partial charge in [-0.1, -0.05) is 11.8 Å². The van der Waals surface area contributed by atoms with Crippen LogP contribution in [0, 0.1) is 0 Å². The van der Waals surface area contributed by atoms with E-state index >= 15 is 0 Å². The van der Waals surface area contributed by atoms with E-state index in [1.54, 1.807) is 24.5 Å². The standard InChI is InChI=1S/C20H27N5O2S/c1-24(2)11-6-12-25-17-9-4-3-8-16(17)19(23-20(25)27)28-14-18(26)22-15-7-5-10-21-13-15/h5,7,10,13H,3-4,6,8-9,11-12,14H2,1-2H3,(H,22,26). The molecule has 150 valence electrons. The largest absolute Gasteiger partial charge is 0.348 e. The first-order chi connectivity index (χ1) is 13.5. The Bertz CT molecular complexity index is 867. The molecule has 2 aromatic heterocycles. The molecule has 3 rings (SSSR count). The number of pyridine rings is 1. The van der Waals surface area contributed by atoms with Crippen molar-refractivity contribution in [3.63, 3.8) is 0 Å². The molecule has 8 heteroatoms. The third-order valence-electron chi connectivity index (χ3n) is 4.72. The summed E-state index contributed by atoms with van der Waals surface area (Å²) in [6.45, 7) is 1.63. The maximum absolute atomic E-state index is 12.6. The van der Waals surface area contributed by atoms with Crippen LogP contribution >= 0.6 is 11.8 Å². The van der Waals surface area contributed by atoms with E-state index in [2.05, 4.69) is 20.2 Å². The van der Waals surface area contributed by atoms with E-state index in [1.165, 1.54) is 11.8 Å². The molecule has 0 bridgehead atoms. The second kappa shape index (κ2) is 9.84. The van der Waals surface area contributed by atoms with Crippen molar-refractivity contribution in [2.75, 3.05) is 31.7 Å². The number of hydrogen-bond donors (Lipinski definition) is 1. The summed E-state index contributed by atoms with van der Waals surface area (Å²) in [5.74, 6) is 0.0952. The van der Waals surface area contributed by atoms with E-state index < -0.39 is 0 Å². The number of rotatable bonds is 8. The molecular formula is C20H27N5O2S. The number of fused-ring (bicyclic) bond motifs is 1. The first-order valence-electron chi connectivity index (χ1n) is 9.64. The number of carbonyl (C=O) groups excluding carboxylic acids is 1. The molecular weight excluding hydrogens is 374 g/mol. The molecule has 0 aliphatic heterocycles. The van der Waals surface area contributed by atoms with Crippen LogP contribution in [0.4, 0.5) is 5.69 Å². The van der Waals surface area contributed by atoms with Gasteiger partial charge in [-0.05, 0) is 64.9 Å². The van der Waals surface area contributed by atoms with E-state index in [-0.39, 0.29) is 17.3 Å². The number of nitrogens with one attached hydrogen (secondary N) is 1. The lowest BCUT2D eigenvalue weighted by Gasteiger charge is -2.23. The normalized spacial score (nSPS) is 13.4. The third-order valence-corrected chi connectivity index (χ3v) is 5.74. The summed E-state index contributed by atoms with van der Waals surface area (Å²) >= 11 is 1.35. The molecule has 1 aliphatic carbocycles. The van der Waals surface area contributed by atoms with Gasteiger partial charge in [0.2, 0.25) is 5.91 Å². The summed E-state index contributed by atoms with van der Waals surface area (Å²) in [5.41, 5.74) is 2.73. The van der Waals surface area contributed by atoms with Gasteiger partial charge >= 0.3 is 5.69 Å². The summed E-state index contributed by atoms with van der Waals surface area (Å²) in [6, 6.07) is 3.57. The molecule has 1 N–H and O–H groups in total. The van der Waals surface area contributed by atoms with Crippen LogP contribution in [0.3, 0.4) is 0 Å². The lowest BCUT2D eigenvalue weighted by molar-refractivity contribution is -0.113. The van der Waals surface area contributed by atoms with Gasteiger partial charge in [0, 0.05) is 24.0 Å². The second-order valence-corrected chi connectivity index (χ2v) is 8.18. The van der Waals surface area contributed by atoms with Gasteiger partial charge in [0.1, 0.15) is 5.03 Å². The Balaban J connectivity index is 1.71. The molecule has 0 atom stereocenters. The zero-order valence-corrected chi connectivity index (χ0v) is 17.3. The van der Waals surface area contributed by atoms with Crippen molar-refractivity contribution in [2.24, 2.45) is 0 Å². The fraction of sp³-hybridized carbons (Fsp3) is 0.500. The first-order valence-corrected chi connectivity index (χ1v) is 10.6. The summed E-state index contributed by atoms with van der Waals surface area (Å²) in [6.07, 6.45) is 8.20. The highest BCUT2D eigenvalue weighted by molar-refractivity contribution is 8.00. The topological polar surface area (TPSA) is 80.1 Å². The fourth-order valence-electron chi connectivity index (χ4n) is 3.41. The summed E-state index contributed by atoms with van der Waals surface area (Å²) in [7, 11) is 4.07. The Labute approximate surface area is 169 Å². The summed E-state index contributed by atoms with van der Waals surface area (Å²) in [5, 5.41) is 3.53. The lowest BCUT2D eigenvalue weighted by atomic mass is 9.97. The predicted molar refractivity (Wildman–Crippen MR) is 112 cm³/mol. The average molecular weight is 402 g/mol. The molecule has 1 amide bonds. The molecule has 0 saturated carbocycles. The highest BCUT2D eigenvalue weighted by Gasteiger charge is 2.21. The van der Waals surface area contributed by atoms with Gasteiger partial charge in [-0.3, -0.25) is 14.3 Å². The molecule has 2 heterocycles. The molecule has 7 nitrogen and oxygen atoms in total. The minimum atomic E-state index is -0.199. The Kier molecular flexibility index (Phi) is 7.22. The smallest absolute Gasteiger partial charge is 0.324 e. The van der Waals surface area contributed by atoms with Crippen molar-refractivity contribution in [1.82, 2.24) is 19.4 Å². The van der Waals surface area contributed by atoms with E-state index in [9.17, 15) is 9.59 Å². The van der Waals surface area contributed by atoms with Gasteiger partial charge in [-0.15, -0.1) is 0 Å². The number of amides is 1. The van der Waals surface area contributed by atoms with Crippen molar-refractivity contribution in [1.29, 1.82) is 0 Å². The van der Waals surface area contributed by atoms with Crippen molar-refractivity contribution in [2.45, 2.75) is 43.7 Å². The quantitative estimate of drug-likeness (QED) is 0.540. The van der Waals surface area contributed by atoms with Crippen LogP contribution in [0.1, 0.15) is 30.5 Å². The van der Waals surface area contributed by atoms with E-state index in [4.69, 9.17) is 0 Å². The average Bonchev–Trinajstić information content (AvgIpc) is 2.68. The second-order valence-electron chi connectivity index (χ2n) is 7.22. The van der Waals surface area contributed by atoms with Crippen LogP contribution in [-0.2, 0) is 24.2 Å². The fourth-order valence-corrected chi connectivity index (χ4v) is 4.29. The Morgan fingerprint density at radius 2 is 2.14 bits per heavy atom. The predicted octanol–water partition coefficient (Wildman–Crippen LogP) is 2.20. The van der Waals surface area contributed by atoms with Crippen LogP contribution in [-0.4, -0.2) is 51.7 Å². The van der Waals surface area contributed by atoms with Crippen molar-refractivity contribution < 1.29 is 4.79 Å². The number of carbonyl (C=O) groups is 1. The number of nitrogens with zero attached hydrogens (tertiary/aromatic N) is 4. The van der Waals surface area contributed by atoms with Crippen LogP contribution in [0.15, 0.2) is 34.3 Å². The van der Waals surface area contributed by atoms with Crippen molar-refractivity contribution in [3.05, 3.63) is 46.3 Å². The van der Waals surface area contributed by atoms with Crippen molar-refractivity contribution >= 4 is 23.4 Å². The Hall–Kier alpha value is -2.19. The van der Waals surface area contributed by atoms with E-state index in [0.717, 1.165) is 49.9 Å². The zero-order valence-electron chi connectivity index (χ0n) is 16.5. The zero-order chi connectivity index (χ0) is 19.9. The SMILES string of the molecule is CN(C)CCCn1c2c(c(SCC(=O)Nc3cccnc3)nc1=O)CCCC2. The van der Waals surface area contributed by atoms with Crippen LogP contribution in [0.2, 0.25) is 0 Å². The maximum Gasteiger partial charge on any atom is 0.348 e. The minimum absolute atomic E-state index is 0.125. The van der Waals surface area contributed by atoms with Gasteiger partial charge in [-0.25, -0.2) is 4.79 Å². The number of anilines is 1. The first kappa shape index (κ1) is 20.5. The van der Waals surface area contributed by atoms with Crippen LogP contribution in [0.5, 0.6) is 0 Å². The van der Waals surface area contributed by atoms with Gasteiger partial charge in [-0.2, -0.15) is 4.98 Å². The molecule has 1 aliphatic rings. The number of thioether (sulfide) groups is 1. The number of aromatic nitrogens is 3. The summed E-state index contributed by atoms with van der Waals surface area (Å²) < 4.78 is 1.85. The third kappa shape index (κ3) is 5.42. The molecule has 0 aromatic carbocycles. The molecule has 0 fully saturated rings. The van der Waals surface area contributed by atoms with Gasteiger partial charge in [0.05, 0.1) is 17.6 Å². The summed E-state index contributed by atoms with van der Waals surface area (Å²) in [4.78, 5) is 35.3. The molecule has 0 saturated heterocycles. The lowest BCUT2D eigenvalue weighted by Crippen LogP contribution is -2.31. The molecule has 2 aromatic rings. The Morgan fingerprint density at radius 3 is 2.89 bits per heavy atom. The molecule has 28 heavy (non-hydrogen) atoms.